The van der Waals surface area contributed by atoms with Crippen molar-refractivity contribution in [3.05, 3.63) is 65.4 Å². The Bertz CT molecular complexity index is 1110. The molecule has 0 saturated carbocycles. The lowest BCUT2D eigenvalue weighted by molar-refractivity contribution is -0.140. The number of rotatable bonds is 6. The number of likely N-dealkylation sites (tertiary alicyclic amines) is 1. The summed E-state index contributed by atoms with van der Waals surface area (Å²) in [4.78, 5) is 31.3. The van der Waals surface area contributed by atoms with Crippen LogP contribution in [-0.4, -0.2) is 47.6 Å². The average Bonchev–Trinajstić information content (AvgIpc) is 3.48. The monoisotopic (exact) mass is 409 g/mol. The molecule has 4 heterocycles. The third-order valence-corrected chi connectivity index (χ3v) is 5.47. The van der Waals surface area contributed by atoms with E-state index in [1.807, 2.05) is 10.8 Å². The van der Waals surface area contributed by atoms with E-state index in [0.717, 1.165) is 0 Å². The number of imidazole rings is 1. The van der Waals surface area contributed by atoms with Crippen molar-refractivity contribution in [1.82, 2.24) is 24.2 Å². The van der Waals surface area contributed by atoms with Crippen molar-refractivity contribution in [3.8, 4) is 0 Å². The van der Waals surface area contributed by atoms with Crippen LogP contribution in [0.5, 0.6) is 0 Å². The Morgan fingerprint density at radius 1 is 1.27 bits per heavy atom. The summed E-state index contributed by atoms with van der Waals surface area (Å²) < 4.78 is 9.09. The molecule has 156 valence electrons. The number of hydrogen-bond donors (Lipinski definition) is 1. The molecule has 1 saturated heterocycles. The summed E-state index contributed by atoms with van der Waals surface area (Å²) >= 11 is 0. The lowest BCUT2D eigenvalue weighted by atomic mass is 9.98. The highest BCUT2D eigenvalue weighted by Crippen LogP contribution is 2.40. The largest absolute Gasteiger partial charge is 0.507 e. The third-order valence-electron chi connectivity index (χ3n) is 5.47. The number of aromatic nitrogens is 4. The number of aliphatic hydroxyl groups is 1. The van der Waals surface area contributed by atoms with Gasteiger partial charge in [-0.05, 0) is 32.4 Å². The molecule has 0 aromatic carbocycles. The van der Waals surface area contributed by atoms with Crippen LogP contribution in [0, 0.1) is 13.8 Å². The van der Waals surface area contributed by atoms with Gasteiger partial charge in [0.1, 0.15) is 17.6 Å². The second kappa shape index (κ2) is 7.66. The summed E-state index contributed by atoms with van der Waals surface area (Å²) in [5, 5.41) is 15.4. The molecule has 0 aliphatic carbocycles. The van der Waals surface area contributed by atoms with Crippen LogP contribution < -0.4 is 0 Å². The molecule has 1 aliphatic heterocycles. The van der Waals surface area contributed by atoms with Gasteiger partial charge in [-0.3, -0.25) is 14.3 Å². The summed E-state index contributed by atoms with van der Waals surface area (Å²) in [6.45, 7) is 4.54. The Labute approximate surface area is 173 Å². The van der Waals surface area contributed by atoms with Gasteiger partial charge in [-0.2, -0.15) is 5.10 Å². The number of amides is 1. The highest BCUT2D eigenvalue weighted by Gasteiger charge is 2.47. The van der Waals surface area contributed by atoms with Crippen molar-refractivity contribution in [2.24, 2.45) is 7.05 Å². The van der Waals surface area contributed by atoms with E-state index in [2.05, 4.69) is 10.1 Å². The molecule has 1 aliphatic rings. The topological polar surface area (TPSA) is 106 Å². The van der Waals surface area contributed by atoms with Gasteiger partial charge in [0, 0.05) is 38.2 Å². The number of Topliss-reactive ketones (excluding diaryl/α,β-unsaturated/α-hetero) is 1. The van der Waals surface area contributed by atoms with Crippen molar-refractivity contribution >= 4 is 17.4 Å². The van der Waals surface area contributed by atoms with Crippen LogP contribution in [0.25, 0.3) is 5.76 Å². The molecule has 1 amide bonds. The predicted octanol–water partition coefficient (Wildman–Crippen LogP) is 2.34. The van der Waals surface area contributed by atoms with Crippen molar-refractivity contribution in [2.45, 2.75) is 32.9 Å². The lowest BCUT2D eigenvalue weighted by Crippen LogP contribution is -2.31. The van der Waals surface area contributed by atoms with Crippen LogP contribution in [-0.2, 0) is 23.2 Å². The summed E-state index contributed by atoms with van der Waals surface area (Å²) in [6, 6.07) is 2.61. The summed E-state index contributed by atoms with van der Waals surface area (Å²) in [5.74, 6) is -1.17. The van der Waals surface area contributed by atoms with Crippen molar-refractivity contribution in [3.63, 3.8) is 0 Å². The highest BCUT2D eigenvalue weighted by molar-refractivity contribution is 6.46. The molecule has 0 radical (unpaired) electrons. The Balaban J connectivity index is 1.74. The van der Waals surface area contributed by atoms with Crippen molar-refractivity contribution in [1.29, 1.82) is 0 Å². The zero-order valence-corrected chi connectivity index (χ0v) is 17.1. The van der Waals surface area contributed by atoms with Crippen LogP contribution in [0.3, 0.4) is 0 Å². The highest BCUT2D eigenvalue weighted by atomic mass is 16.3. The Morgan fingerprint density at radius 3 is 2.67 bits per heavy atom. The van der Waals surface area contributed by atoms with E-state index in [-0.39, 0.29) is 11.3 Å². The van der Waals surface area contributed by atoms with Crippen LogP contribution in [0.2, 0.25) is 0 Å². The first kappa shape index (κ1) is 19.7. The molecule has 0 bridgehead atoms. The fraction of sp³-hybridized carbons (Fsp3) is 0.333. The van der Waals surface area contributed by atoms with E-state index in [9.17, 15) is 14.7 Å². The first-order chi connectivity index (χ1) is 14.4. The number of aliphatic hydroxyl groups excluding tert-OH is 1. The van der Waals surface area contributed by atoms with Gasteiger partial charge in [0.2, 0.25) is 0 Å². The van der Waals surface area contributed by atoms with Crippen LogP contribution in [0.15, 0.2) is 47.1 Å². The molecule has 1 N–H and O–H groups in total. The van der Waals surface area contributed by atoms with Crippen LogP contribution >= 0.6 is 0 Å². The molecule has 30 heavy (non-hydrogen) atoms. The van der Waals surface area contributed by atoms with E-state index < -0.39 is 17.7 Å². The minimum Gasteiger partial charge on any atom is -0.507 e. The second-order valence-electron chi connectivity index (χ2n) is 7.33. The lowest BCUT2D eigenvalue weighted by Gasteiger charge is -2.23. The van der Waals surface area contributed by atoms with E-state index in [0.29, 0.717) is 42.2 Å². The number of nitrogens with zero attached hydrogens (tertiary/aromatic N) is 5. The van der Waals surface area contributed by atoms with E-state index in [4.69, 9.17) is 4.42 Å². The van der Waals surface area contributed by atoms with E-state index in [1.54, 1.807) is 50.2 Å². The number of aryl methyl sites for hydroxylation is 3. The molecule has 3 aromatic heterocycles. The number of ketones is 1. The van der Waals surface area contributed by atoms with Gasteiger partial charge in [0.15, 0.2) is 0 Å². The fourth-order valence-electron chi connectivity index (χ4n) is 3.95. The zero-order chi connectivity index (χ0) is 21.4. The van der Waals surface area contributed by atoms with Gasteiger partial charge in [0.25, 0.3) is 11.7 Å². The maximum atomic E-state index is 13.0. The number of carbonyl (C=O) groups excluding carboxylic acids is 2. The molecule has 3 aromatic rings. The third kappa shape index (κ3) is 3.22. The molecule has 9 heteroatoms. The molecule has 4 rings (SSSR count). The minimum atomic E-state index is -0.790. The van der Waals surface area contributed by atoms with Crippen molar-refractivity contribution < 1.29 is 19.1 Å². The Kier molecular flexibility index (Phi) is 5.03. The maximum Gasteiger partial charge on any atom is 0.295 e. The quantitative estimate of drug-likeness (QED) is 0.380. The van der Waals surface area contributed by atoms with Gasteiger partial charge in [-0.25, -0.2) is 4.98 Å². The first-order valence-corrected chi connectivity index (χ1v) is 9.68. The van der Waals surface area contributed by atoms with Gasteiger partial charge < -0.3 is 19.0 Å². The van der Waals surface area contributed by atoms with Gasteiger partial charge in [-0.15, -0.1) is 0 Å². The van der Waals surface area contributed by atoms with Crippen LogP contribution in [0.1, 0.15) is 35.2 Å². The number of furan rings is 1. The standard InChI is InChI=1S/C21H23N5O4/c1-13-16(14(2)24(3)23-13)19(27)17-18(15-6-4-11-30-15)26(21(29)20(17)28)9-5-8-25-10-7-22-12-25/h4,6-7,10-12,18,27H,5,8-9H2,1-3H3/t18-/m0/s1. The second-order valence-corrected chi connectivity index (χ2v) is 7.33. The van der Waals surface area contributed by atoms with E-state index in [1.165, 1.54) is 11.2 Å². The zero-order valence-electron chi connectivity index (χ0n) is 17.1. The van der Waals surface area contributed by atoms with Crippen molar-refractivity contribution in [2.75, 3.05) is 6.54 Å². The molecule has 1 atom stereocenters. The summed E-state index contributed by atoms with van der Waals surface area (Å²) in [5.41, 5.74) is 1.77. The Morgan fingerprint density at radius 2 is 2.07 bits per heavy atom. The summed E-state index contributed by atoms with van der Waals surface area (Å²) in [7, 11) is 1.76. The normalized spacial score (nSPS) is 18.5. The Hall–Kier alpha value is -3.62. The SMILES string of the molecule is Cc1nn(C)c(C)c1C(O)=C1C(=O)C(=O)N(CCCn2ccnc2)[C@H]1c1ccco1. The van der Waals surface area contributed by atoms with Gasteiger partial charge in [0.05, 0.1) is 29.4 Å². The van der Waals surface area contributed by atoms with Gasteiger partial charge >= 0.3 is 0 Å². The van der Waals surface area contributed by atoms with Gasteiger partial charge in [-0.1, -0.05) is 0 Å². The average molecular weight is 409 g/mol. The molecule has 9 nitrogen and oxygen atoms in total. The predicted molar refractivity (Wildman–Crippen MR) is 107 cm³/mol. The minimum absolute atomic E-state index is 0.0248. The molecule has 0 unspecified atom stereocenters. The molecular weight excluding hydrogens is 386 g/mol. The molecule has 1 fully saturated rings. The molecule has 0 spiro atoms. The van der Waals surface area contributed by atoms with E-state index >= 15 is 0 Å². The first-order valence-electron chi connectivity index (χ1n) is 9.68. The summed E-state index contributed by atoms with van der Waals surface area (Å²) in [6.07, 6.45) is 7.33. The number of hydrogen-bond acceptors (Lipinski definition) is 6. The smallest absolute Gasteiger partial charge is 0.295 e. The number of carbonyl (C=O) groups is 2. The maximum absolute atomic E-state index is 13.0. The fourth-order valence-corrected chi connectivity index (χ4v) is 3.95. The molecular formula is C21H23N5O4. The van der Waals surface area contributed by atoms with Crippen LogP contribution in [0.4, 0.5) is 0 Å².